The van der Waals surface area contributed by atoms with Crippen LogP contribution in [0.3, 0.4) is 0 Å². The van der Waals surface area contributed by atoms with E-state index in [1.54, 1.807) is 0 Å². The summed E-state index contributed by atoms with van der Waals surface area (Å²) in [6, 6.07) is 8.37. The third kappa shape index (κ3) is 2.35. The van der Waals surface area contributed by atoms with Crippen molar-refractivity contribution in [1.29, 1.82) is 0 Å². The first kappa shape index (κ1) is 11.0. The average Bonchev–Trinajstić information content (AvgIpc) is 2.31. The van der Waals surface area contributed by atoms with Gasteiger partial charge in [0.25, 0.3) is 0 Å². The molecule has 2 rings (SSSR count). The number of aryl methyl sites for hydroxylation is 1. The third-order valence-electron chi connectivity index (χ3n) is 3.11. The van der Waals surface area contributed by atoms with Crippen LogP contribution in [0.2, 0.25) is 0 Å². The van der Waals surface area contributed by atoms with Crippen molar-refractivity contribution >= 4 is 12.2 Å². The average molecular weight is 218 g/mol. The zero-order valence-corrected chi connectivity index (χ0v) is 9.48. The molecule has 3 heteroatoms. The van der Waals surface area contributed by atoms with Crippen LogP contribution < -0.4 is 4.90 Å². The molecule has 3 nitrogen and oxygen atoms in total. The Morgan fingerprint density at radius 2 is 2.00 bits per heavy atom. The lowest BCUT2D eigenvalue weighted by molar-refractivity contribution is 0.149. The lowest BCUT2D eigenvalue weighted by atomic mass is 10.1. The minimum absolute atomic E-state index is 0.0535. The van der Waals surface area contributed by atoms with E-state index in [0.717, 1.165) is 25.9 Å². The van der Waals surface area contributed by atoms with Gasteiger partial charge in [0.05, 0.1) is 0 Å². The number of hydrogen-bond donors (Lipinski definition) is 0. The smallest absolute Gasteiger partial charge is 0.417 e. The summed E-state index contributed by atoms with van der Waals surface area (Å²) >= 11 is 0. The molecule has 0 aliphatic carbocycles. The van der Waals surface area contributed by atoms with Gasteiger partial charge < -0.3 is 9.64 Å². The summed E-state index contributed by atoms with van der Waals surface area (Å²) in [5, 5.41) is 0. The van der Waals surface area contributed by atoms with Crippen LogP contribution in [0.15, 0.2) is 24.3 Å². The molecule has 0 atom stereocenters. The number of piperidine rings is 1. The SMILES string of the molecule is Cc1ccccc1N1CCC(O[C]=O)CC1. The van der Waals surface area contributed by atoms with Gasteiger partial charge in [-0.3, -0.25) is 0 Å². The molecule has 0 unspecified atom stereocenters. The molecule has 16 heavy (non-hydrogen) atoms. The van der Waals surface area contributed by atoms with Gasteiger partial charge in [-0.15, -0.1) is 0 Å². The predicted molar refractivity (Wildman–Crippen MR) is 63.2 cm³/mol. The molecule has 0 N–H and O–H groups in total. The van der Waals surface area contributed by atoms with Crippen LogP contribution in [-0.4, -0.2) is 25.7 Å². The number of carbonyl (C=O) groups excluding carboxylic acids is 1. The monoisotopic (exact) mass is 218 g/mol. The lowest BCUT2D eigenvalue weighted by Crippen LogP contribution is -2.37. The molecule has 1 aliphatic heterocycles. The van der Waals surface area contributed by atoms with E-state index in [4.69, 9.17) is 4.74 Å². The number of nitrogens with zero attached hydrogens (tertiary/aromatic N) is 1. The number of anilines is 1. The summed E-state index contributed by atoms with van der Waals surface area (Å²) in [6.45, 7) is 5.54. The summed E-state index contributed by atoms with van der Waals surface area (Å²) in [6.07, 6.45) is 1.84. The van der Waals surface area contributed by atoms with E-state index in [1.165, 1.54) is 17.7 Å². The van der Waals surface area contributed by atoms with Crippen LogP contribution in [0.1, 0.15) is 18.4 Å². The minimum atomic E-state index is 0.0535. The van der Waals surface area contributed by atoms with Crippen LogP contribution in [0.5, 0.6) is 0 Å². The maximum Gasteiger partial charge on any atom is 0.417 e. The maximum absolute atomic E-state index is 10.1. The summed E-state index contributed by atoms with van der Waals surface area (Å²) in [5.41, 5.74) is 2.58. The minimum Gasteiger partial charge on any atom is -0.454 e. The van der Waals surface area contributed by atoms with Gasteiger partial charge in [-0.05, 0) is 18.6 Å². The van der Waals surface area contributed by atoms with Crippen LogP contribution in [-0.2, 0) is 9.53 Å². The Kier molecular flexibility index (Phi) is 3.44. The highest BCUT2D eigenvalue weighted by atomic mass is 16.5. The molecule has 1 aliphatic rings. The van der Waals surface area contributed by atoms with E-state index in [9.17, 15) is 4.79 Å². The summed E-state index contributed by atoms with van der Waals surface area (Å²) in [4.78, 5) is 12.5. The van der Waals surface area contributed by atoms with Gasteiger partial charge in [-0.1, -0.05) is 18.2 Å². The summed E-state index contributed by atoms with van der Waals surface area (Å²) in [7, 11) is 0. The highest BCUT2D eigenvalue weighted by molar-refractivity contribution is 5.53. The van der Waals surface area contributed by atoms with Crippen LogP contribution in [0.4, 0.5) is 5.69 Å². The molecule has 1 saturated heterocycles. The van der Waals surface area contributed by atoms with Gasteiger partial charge in [-0.2, -0.15) is 0 Å². The van der Waals surface area contributed by atoms with E-state index in [0.29, 0.717) is 0 Å². The zero-order chi connectivity index (χ0) is 11.4. The fourth-order valence-electron chi connectivity index (χ4n) is 2.20. The highest BCUT2D eigenvalue weighted by Gasteiger charge is 2.20. The standard InChI is InChI=1S/C13H16NO2/c1-11-4-2-3-5-13(11)14-8-6-12(7-9-14)16-10-15/h2-5,12H,6-9H2,1H3. The predicted octanol–water partition coefficient (Wildman–Crippen LogP) is 2.05. The molecule has 1 aromatic carbocycles. The maximum atomic E-state index is 10.1. The second kappa shape index (κ2) is 5.01. The van der Waals surface area contributed by atoms with Crippen molar-refractivity contribution in [2.45, 2.75) is 25.9 Å². The molecule has 1 aromatic rings. The topological polar surface area (TPSA) is 29.5 Å². The Balaban J connectivity index is 1.99. The number of hydrogen-bond acceptors (Lipinski definition) is 3. The molecule has 1 fully saturated rings. The van der Waals surface area contributed by atoms with Gasteiger partial charge in [0.2, 0.25) is 0 Å². The fourth-order valence-corrected chi connectivity index (χ4v) is 2.20. The molecule has 1 heterocycles. The Bertz CT molecular complexity index is 357. The van der Waals surface area contributed by atoms with Crippen molar-refractivity contribution in [3.63, 3.8) is 0 Å². The molecule has 0 amide bonds. The molecule has 0 saturated carbocycles. The lowest BCUT2D eigenvalue weighted by Gasteiger charge is -2.33. The van der Waals surface area contributed by atoms with E-state index < -0.39 is 0 Å². The second-order valence-corrected chi connectivity index (χ2v) is 4.17. The van der Waals surface area contributed by atoms with E-state index in [2.05, 4.69) is 36.1 Å². The number of para-hydroxylation sites is 1. The van der Waals surface area contributed by atoms with Gasteiger partial charge in [-0.25, -0.2) is 4.79 Å². The van der Waals surface area contributed by atoms with Gasteiger partial charge in [0.15, 0.2) is 0 Å². The van der Waals surface area contributed by atoms with E-state index >= 15 is 0 Å². The first-order valence-corrected chi connectivity index (χ1v) is 5.64. The van der Waals surface area contributed by atoms with Crippen LogP contribution in [0, 0.1) is 6.92 Å². The van der Waals surface area contributed by atoms with Crippen molar-refractivity contribution in [2.75, 3.05) is 18.0 Å². The second-order valence-electron chi connectivity index (χ2n) is 4.17. The Hall–Kier alpha value is -1.51. The Morgan fingerprint density at radius 3 is 2.62 bits per heavy atom. The van der Waals surface area contributed by atoms with Gasteiger partial charge in [0, 0.05) is 31.6 Å². The van der Waals surface area contributed by atoms with Crippen LogP contribution >= 0.6 is 0 Å². The molecule has 1 radical (unpaired) electrons. The molecular weight excluding hydrogens is 202 g/mol. The van der Waals surface area contributed by atoms with Crippen molar-refractivity contribution in [1.82, 2.24) is 0 Å². The molecule has 0 bridgehead atoms. The molecular formula is C13H16NO2. The first-order chi connectivity index (χ1) is 7.81. The molecule has 85 valence electrons. The largest absolute Gasteiger partial charge is 0.454 e. The van der Waals surface area contributed by atoms with E-state index in [-0.39, 0.29) is 6.10 Å². The molecule has 0 aromatic heterocycles. The highest BCUT2D eigenvalue weighted by Crippen LogP contribution is 2.24. The van der Waals surface area contributed by atoms with Crippen molar-refractivity contribution in [2.24, 2.45) is 0 Å². The number of benzene rings is 1. The van der Waals surface area contributed by atoms with Crippen molar-refractivity contribution < 1.29 is 9.53 Å². The van der Waals surface area contributed by atoms with Crippen LogP contribution in [0.25, 0.3) is 0 Å². The Morgan fingerprint density at radius 1 is 1.31 bits per heavy atom. The van der Waals surface area contributed by atoms with E-state index in [1.807, 2.05) is 0 Å². The number of rotatable bonds is 3. The van der Waals surface area contributed by atoms with Gasteiger partial charge >= 0.3 is 6.47 Å². The van der Waals surface area contributed by atoms with Crippen molar-refractivity contribution in [3.05, 3.63) is 29.8 Å². The molecule has 0 spiro atoms. The quantitative estimate of drug-likeness (QED) is 0.777. The Labute approximate surface area is 96.0 Å². The first-order valence-electron chi connectivity index (χ1n) is 5.64. The normalized spacial score (nSPS) is 17.2. The number of ether oxygens (including phenoxy) is 1. The third-order valence-corrected chi connectivity index (χ3v) is 3.11. The zero-order valence-electron chi connectivity index (χ0n) is 9.48. The van der Waals surface area contributed by atoms with Crippen molar-refractivity contribution in [3.8, 4) is 0 Å². The summed E-state index contributed by atoms with van der Waals surface area (Å²) in [5.74, 6) is 0. The van der Waals surface area contributed by atoms with Gasteiger partial charge in [0.1, 0.15) is 6.10 Å². The summed E-state index contributed by atoms with van der Waals surface area (Å²) < 4.78 is 4.87. The fraction of sp³-hybridized carbons (Fsp3) is 0.462.